The molecule has 144 valence electrons. The van der Waals surface area contributed by atoms with Gasteiger partial charge in [0.25, 0.3) is 5.91 Å². The monoisotopic (exact) mass is 368 g/mol. The Morgan fingerprint density at radius 2 is 1.67 bits per heavy atom. The lowest BCUT2D eigenvalue weighted by molar-refractivity contribution is -0.128. The van der Waals surface area contributed by atoms with E-state index in [0.29, 0.717) is 18.4 Å². The molecule has 0 heterocycles. The molecule has 0 aromatic heterocycles. The lowest BCUT2D eigenvalue weighted by Crippen LogP contribution is -2.21. The highest BCUT2D eigenvalue weighted by Gasteiger charge is 2.08. The van der Waals surface area contributed by atoms with E-state index in [0.717, 1.165) is 23.4 Å². The lowest BCUT2D eigenvalue weighted by Gasteiger charge is -2.13. The Labute approximate surface area is 161 Å². The fraction of sp³-hybridized carbons (Fsp3) is 0.364. The minimum Gasteiger partial charge on any atom is -0.491 e. The van der Waals surface area contributed by atoms with E-state index in [1.54, 1.807) is 31.1 Å². The minimum atomic E-state index is -0.166. The fourth-order valence-electron chi connectivity index (χ4n) is 2.43. The Balaban J connectivity index is 1.90. The third-order valence-electron chi connectivity index (χ3n) is 4.37. The number of hydrogen-bond acceptors (Lipinski definition) is 3. The maximum atomic E-state index is 12.4. The van der Waals surface area contributed by atoms with E-state index < -0.39 is 0 Å². The Bertz CT molecular complexity index is 752. The topological polar surface area (TPSA) is 58.6 Å². The molecular weight excluding hydrogens is 340 g/mol. The van der Waals surface area contributed by atoms with Gasteiger partial charge in [-0.2, -0.15) is 0 Å². The molecule has 2 aromatic carbocycles. The average Bonchev–Trinajstić information content (AvgIpc) is 2.67. The van der Waals surface area contributed by atoms with Gasteiger partial charge < -0.3 is 15.0 Å². The summed E-state index contributed by atoms with van der Waals surface area (Å²) in [5, 5.41) is 2.89. The van der Waals surface area contributed by atoms with Crippen LogP contribution in [0.5, 0.6) is 5.75 Å². The maximum Gasteiger partial charge on any atom is 0.255 e. The molecule has 0 bridgehead atoms. The van der Waals surface area contributed by atoms with Gasteiger partial charge in [-0.1, -0.05) is 19.1 Å². The highest BCUT2D eigenvalue weighted by Crippen LogP contribution is 2.17. The smallest absolute Gasteiger partial charge is 0.255 e. The van der Waals surface area contributed by atoms with Crippen LogP contribution in [0.3, 0.4) is 0 Å². The van der Waals surface area contributed by atoms with Crippen molar-refractivity contribution in [2.45, 2.75) is 39.2 Å². The molecule has 1 N–H and O–H groups in total. The zero-order chi connectivity index (χ0) is 19.8. The maximum absolute atomic E-state index is 12.4. The number of rotatable bonds is 8. The molecule has 2 amide bonds. The van der Waals surface area contributed by atoms with E-state index in [-0.39, 0.29) is 17.9 Å². The first kappa shape index (κ1) is 20.5. The summed E-state index contributed by atoms with van der Waals surface area (Å²) in [5.74, 6) is 0.700. The second kappa shape index (κ2) is 9.76. The molecule has 27 heavy (non-hydrogen) atoms. The van der Waals surface area contributed by atoms with Crippen molar-refractivity contribution >= 4 is 17.5 Å². The molecule has 0 aliphatic rings. The molecule has 0 saturated heterocycles. The first-order valence-electron chi connectivity index (χ1n) is 9.26. The summed E-state index contributed by atoms with van der Waals surface area (Å²) in [4.78, 5) is 25.6. The predicted molar refractivity (Wildman–Crippen MR) is 108 cm³/mol. The summed E-state index contributed by atoms with van der Waals surface area (Å²) in [6, 6.07) is 14.7. The van der Waals surface area contributed by atoms with Gasteiger partial charge in [-0.05, 0) is 61.7 Å². The summed E-state index contributed by atoms with van der Waals surface area (Å²) >= 11 is 0. The summed E-state index contributed by atoms with van der Waals surface area (Å²) in [6.45, 7) is 4.08. The van der Waals surface area contributed by atoms with Gasteiger partial charge >= 0.3 is 0 Å². The Morgan fingerprint density at radius 1 is 1.04 bits per heavy atom. The largest absolute Gasteiger partial charge is 0.491 e. The van der Waals surface area contributed by atoms with Crippen molar-refractivity contribution < 1.29 is 14.3 Å². The van der Waals surface area contributed by atoms with Crippen LogP contribution in [0.4, 0.5) is 5.69 Å². The van der Waals surface area contributed by atoms with E-state index in [2.05, 4.69) is 12.2 Å². The van der Waals surface area contributed by atoms with Crippen LogP contribution in [0.2, 0.25) is 0 Å². The first-order chi connectivity index (χ1) is 12.9. The van der Waals surface area contributed by atoms with E-state index >= 15 is 0 Å². The molecule has 2 rings (SSSR count). The van der Waals surface area contributed by atoms with Crippen LogP contribution in [0.1, 0.15) is 42.6 Å². The van der Waals surface area contributed by atoms with Crippen molar-refractivity contribution in [3.8, 4) is 5.75 Å². The van der Waals surface area contributed by atoms with Crippen LogP contribution >= 0.6 is 0 Å². The van der Waals surface area contributed by atoms with Crippen LogP contribution in [0.15, 0.2) is 48.5 Å². The molecule has 5 nitrogen and oxygen atoms in total. The highest BCUT2D eigenvalue weighted by molar-refractivity contribution is 6.04. The number of amides is 2. The average molecular weight is 368 g/mol. The minimum absolute atomic E-state index is 0.105. The first-order valence-corrected chi connectivity index (χ1v) is 9.26. The molecule has 0 fully saturated rings. The van der Waals surface area contributed by atoms with Gasteiger partial charge in [0.1, 0.15) is 5.75 Å². The highest BCUT2D eigenvalue weighted by atomic mass is 16.5. The van der Waals surface area contributed by atoms with E-state index in [1.165, 1.54) is 0 Å². The van der Waals surface area contributed by atoms with Crippen LogP contribution in [-0.2, 0) is 11.2 Å². The summed E-state index contributed by atoms with van der Waals surface area (Å²) in [5.41, 5.74) is 2.37. The summed E-state index contributed by atoms with van der Waals surface area (Å²) in [6.07, 6.45) is 2.24. The number of nitrogens with zero attached hydrogens (tertiary/aromatic N) is 1. The van der Waals surface area contributed by atoms with Gasteiger partial charge in [0.2, 0.25) is 5.91 Å². The number of benzene rings is 2. The number of aryl methyl sites for hydroxylation is 1. The van der Waals surface area contributed by atoms with Gasteiger partial charge in [0, 0.05) is 31.8 Å². The van der Waals surface area contributed by atoms with Crippen LogP contribution in [-0.4, -0.2) is 36.9 Å². The quantitative estimate of drug-likeness (QED) is 0.762. The third-order valence-corrected chi connectivity index (χ3v) is 4.37. The van der Waals surface area contributed by atoms with Gasteiger partial charge in [0.05, 0.1) is 6.10 Å². The van der Waals surface area contributed by atoms with Gasteiger partial charge in [0.15, 0.2) is 0 Å². The lowest BCUT2D eigenvalue weighted by atomic mass is 10.1. The number of ether oxygens (including phenoxy) is 1. The van der Waals surface area contributed by atoms with Crippen molar-refractivity contribution in [1.29, 1.82) is 0 Å². The summed E-state index contributed by atoms with van der Waals surface area (Å²) in [7, 11) is 3.51. The molecule has 0 spiro atoms. The van der Waals surface area contributed by atoms with Gasteiger partial charge in [-0.15, -0.1) is 0 Å². The van der Waals surface area contributed by atoms with Crippen molar-refractivity contribution in [3.05, 3.63) is 59.7 Å². The molecule has 5 heteroatoms. The molecule has 1 atom stereocenters. The van der Waals surface area contributed by atoms with Crippen molar-refractivity contribution in [1.82, 2.24) is 4.90 Å². The third kappa shape index (κ3) is 6.44. The number of nitrogens with one attached hydrogen (secondary N) is 1. The fourth-order valence-corrected chi connectivity index (χ4v) is 2.43. The molecule has 0 aliphatic heterocycles. The Hall–Kier alpha value is -2.82. The standard InChI is InChI=1S/C22H28N2O3/c1-5-16(2)27-20-13-9-18(10-14-20)22(26)23-19-11-6-17(7-12-19)8-15-21(25)24(3)4/h6-7,9-14,16H,5,8,15H2,1-4H3,(H,23,26). The zero-order valence-corrected chi connectivity index (χ0v) is 16.5. The number of carbonyl (C=O) groups excluding carboxylic acids is 2. The Kier molecular flexibility index (Phi) is 7.41. The molecule has 2 aromatic rings. The van der Waals surface area contributed by atoms with Crippen molar-refractivity contribution in [2.75, 3.05) is 19.4 Å². The van der Waals surface area contributed by atoms with Crippen molar-refractivity contribution in [2.24, 2.45) is 0 Å². The second-order valence-electron chi connectivity index (χ2n) is 6.80. The Morgan fingerprint density at radius 3 is 2.22 bits per heavy atom. The van der Waals surface area contributed by atoms with Crippen molar-refractivity contribution in [3.63, 3.8) is 0 Å². The number of carbonyl (C=O) groups is 2. The molecule has 0 radical (unpaired) electrons. The molecule has 1 unspecified atom stereocenters. The SMILES string of the molecule is CCC(C)Oc1ccc(C(=O)Nc2ccc(CCC(=O)N(C)C)cc2)cc1. The van der Waals surface area contributed by atoms with E-state index in [9.17, 15) is 9.59 Å². The van der Waals surface area contributed by atoms with E-state index in [4.69, 9.17) is 4.74 Å². The number of anilines is 1. The van der Waals surface area contributed by atoms with Crippen LogP contribution in [0.25, 0.3) is 0 Å². The summed E-state index contributed by atoms with van der Waals surface area (Å²) < 4.78 is 5.73. The van der Waals surface area contributed by atoms with Gasteiger partial charge in [-0.25, -0.2) is 0 Å². The molecule has 0 saturated carbocycles. The predicted octanol–water partition coefficient (Wildman–Crippen LogP) is 4.14. The van der Waals surface area contributed by atoms with Gasteiger partial charge in [-0.3, -0.25) is 9.59 Å². The zero-order valence-electron chi connectivity index (χ0n) is 16.5. The normalized spacial score (nSPS) is 11.6. The molecular formula is C22H28N2O3. The molecule has 0 aliphatic carbocycles. The second-order valence-corrected chi connectivity index (χ2v) is 6.80. The van der Waals surface area contributed by atoms with Crippen LogP contribution in [0, 0.1) is 0 Å². The number of hydrogen-bond donors (Lipinski definition) is 1. The van der Waals surface area contributed by atoms with E-state index in [1.807, 2.05) is 43.3 Å². The van der Waals surface area contributed by atoms with Crippen LogP contribution < -0.4 is 10.1 Å².